The Hall–Kier alpha value is -1.20. The van der Waals surface area contributed by atoms with Crippen LogP contribution in [0.3, 0.4) is 0 Å². The number of halogens is 2. The van der Waals surface area contributed by atoms with Crippen molar-refractivity contribution in [3.05, 3.63) is 51.8 Å². The van der Waals surface area contributed by atoms with E-state index in [-0.39, 0.29) is 5.82 Å². The third-order valence-electron chi connectivity index (χ3n) is 5.77. The van der Waals surface area contributed by atoms with Crippen LogP contribution in [0.2, 0.25) is 0 Å². The number of aryl methyl sites for hydroxylation is 1. The first-order valence-corrected chi connectivity index (χ1v) is 9.96. The zero-order valence-electron chi connectivity index (χ0n) is 14.5. The lowest BCUT2D eigenvalue weighted by atomic mass is 9.75. The maximum atomic E-state index is 13.1. The molecule has 1 aromatic carbocycles. The lowest BCUT2D eigenvalue weighted by molar-refractivity contribution is -0.0171. The van der Waals surface area contributed by atoms with Crippen molar-refractivity contribution in [3.63, 3.8) is 0 Å². The predicted molar refractivity (Wildman–Crippen MR) is 98.9 cm³/mol. The summed E-state index contributed by atoms with van der Waals surface area (Å²) in [5, 5.41) is 11.3. The summed E-state index contributed by atoms with van der Waals surface area (Å²) in [6.45, 7) is 2.94. The number of rotatable bonds is 4. The predicted octanol–water partition coefficient (Wildman–Crippen LogP) is 5.05. The van der Waals surface area contributed by atoms with Crippen LogP contribution < -0.4 is 0 Å². The van der Waals surface area contributed by atoms with Crippen LogP contribution in [0.1, 0.15) is 61.5 Å². The van der Waals surface area contributed by atoms with Gasteiger partial charge < -0.3 is 9.67 Å². The highest BCUT2D eigenvalue weighted by atomic mass is 79.9. The molecular formula is C20H24BrFN2O. The molecule has 1 aromatic heterocycles. The van der Waals surface area contributed by atoms with Crippen LogP contribution in [-0.2, 0) is 12.1 Å². The van der Waals surface area contributed by atoms with Crippen molar-refractivity contribution in [1.82, 2.24) is 9.55 Å². The second-order valence-corrected chi connectivity index (χ2v) is 8.47. The van der Waals surface area contributed by atoms with Gasteiger partial charge in [-0.2, -0.15) is 0 Å². The quantitative estimate of drug-likeness (QED) is 0.771. The van der Waals surface area contributed by atoms with Gasteiger partial charge in [-0.15, -0.1) is 0 Å². The third-order valence-corrected chi connectivity index (χ3v) is 6.77. The highest BCUT2D eigenvalue weighted by Crippen LogP contribution is 2.44. The van der Waals surface area contributed by atoms with Crippen LogP contribution >= 0.6 is 15.9 Å². The summed E-state index contributed by atoms with van der Waals surface area (Å²) in [6.07, 6.45) is 5.73. The molecule has 0 amide bonds. The van der Waals surface area contributed by atoms with Crippen molar-refractivity contribution in [2.45, 2.75) is 63.5 Å². The zero-order chi connectivity index (χ0) is 17.6. The Bertz CT molecular complexity index is 759. The molecule has 5 heteroatoms. The number of benzene rings is 1. The first-order chi connectivity index (χ1) is 12.0. The van der Waals surface area contributed by atoms with E-state index < -0.39 is 5.60 Å². The minimum atomic E-state index is -0.859. The van der Waals surface area contributed by atoms with E-state index in [1.807, 2.05) is 19.1 Å². The molecule has 0 saturated heterocycles. The molecule has 2 aliphatic rings. The van der Waals surface area contributed by atoms with Gasteiger partial charge >= 0.3 is 0 Å². The Kier molecular flexibility index (Phi) is 4.49. The van der Waals surface area contributed by atoms with Crippen molar-refractivity contribution < 1.29 is 9.50 Å². The van der Waals surface area contributed by atoms with Gasteiger partial charge in [0.15, 0.2) is 0 Å². The van der Waals surface area contributed by atoms with Gasteiger partial charge in [0.1, 0.15) is 21.8 Å². The van der Waals surface area contributed by atoms with E-state index in [1.54, 1.807) is 0 Å². The third kappa shape index (κ3) is 3.41. The summed E-state index contributed by atoms with van der Waals surface area (Å²) >= 11 is 3.66. The van der Waals surface area contributed by atoms with Crippen LogP contribution in [0.4, 0.5) is 4.39 Å². The Morgan fingerprint density at radius 2 is 1.84 bits per heavy atom. The van der Waals surface area contributed by atoms with E-state index in [1.165, 1.54) is 30.5 Å². The van der Waals surface area contributed by atoms with Crippen molar-refractivity contribution in [3.8, 4) is 0 Å². The molecule has 3 nitrogen and oxygen atoms in total. The zero-order valence-corrected chi connectivity index (χ0v) is 16.1. The van der Waals surface area contributed by atoms with Gasteiger partial charge in [0.05, 0.1) is 5.69 Å². The van der Waals surface area contributed by atoms with Crippen molar-refractivity contribution in [1.29, 1.82) is 0 Å². The number of nitrogens with zero attached hydrogens (tertiary/aromatic N) is 2. The minimum absolute atomic E-state index is 0.196. The summed E-state index contributed by atoms with van der Waals surface area (Å²) in [4.78, 5) is 4.71. The number of hydrogen-bond donors (Lipinski definition) is 1. The molecule has 2 aromatic rings. The molecule has 0 atom stereocenters. The monoisotopic (exact) mass is 406 g/mol. The highest BCUT2D eigenvalue weighted by molar-refractivity contribution is 9.10. The second-order valence-electron chi connectivity index (χ2n) is 7.72. The average molecular weight is 407 g/mol. The molecule has 0 unspecified atom stereocenters. The second kappa shape index (κ2) is 6.51. The molecule has 1 N–H and O–H groups in total. The van der Waals surface area contributed by atoms with Gasteiger partial charge in [0.25, 0.3) is 0 Å². The fourth-order valence-electron chi connectivity index (χ4n) is 4.02. The van der Waals surface area contributed by atoms with Gasteiger partial charge in [-0.1, -0.05) is 12.1 Å². The average Bonchev–Trinajstić information content (AvgIpc) is 3.38. The first-order valence-electron chi connectivity index (χ1n) is 9.17. The molecule has 25 heavy (non-hydrogen) atoms. The van der Waals surface area contributed by atoms with E-state index in [0.29, 0.717) is 18.8 Å². The molecule has 2 fully saturated rings. The van der Waals surface area contributed by atoms with Gasteiger partial charge in [0, 0.05) is 6.54 Å². The lowest BCUT2D eigenvalue weighted by Crippen LogP contribution is -2.34. The lowest BCUT2D eigenvalue weighted by Gasteiger charge is -2.36. The van der Waals surface area contributed by atoms with E-state index >= 15 is 0 Å². The Morgan fingerprint density at radius 1 is 1.20 bits per heavy atom. The maximum Gasteiger partial charge on any atom is 0.141 e. The summed E-state index contributed by atoms with van der Waals surface area (Å²) in [5.74, 6) is 1.74. The maximum absolute atomic E-state index is 13.1. The molecule has 0 aliphatic heterocycles. The molecule has 4 rings (SSSR count). The Labute approximate surface area is 156 Å². The summed E-state index contributed by atoms with van der Waals surface area (Å²) < 4.78 is 16.3. The van der Waals surface area contributed by atoms with Crippen LogP contribution in [0, 0.1) is 18.7 Å². The standard InChI is InChI=1S/C20H24BrFN2O/c1-13-18(21)24(12-14-2-3-14)19(23-13)20(25)10-8-16(9-11-20)15-4-6-17(22)7-5-15/h4-7,14,16,25H,2-3,8-12H2,1H3. The van der Waals surface area contributed by atoms with E-state index in [0.717, 1.165) is 41.4 Å². The highest BCUT2D eigenvalue weighted by Gasteiger charge is 2.40. The number of aromatic nitrogens is 2. The summed E-state index contributed by atoms with van der Waals surface area (Å²) in [5.41, 5.74) is 1.26. The fourth-order valence-corrected chi connectivity index (χ4v) is 4.42. The van der Waals surface area contributed by atoms with Gasteiger partial charge in [-0.05, 0) is 90.9 Å². The molecule has 0 spiro atoms. The van der Waals surface area contributed by atoms with Crippen molar-refractivity contribution in [2.24, 2.45) is 5.92 Å². The molecule has 134 valence electrons. The molecule has 0 bridgehead atoms. The van der Waals surface area contributed by atoms with Gasteiger partial charge in [-0.3, -0.25) is 0 Å². The number of imidazole rings is 1. The molecule has 2 saturated carbocycles. The van der Waals surface area contributed by atoms with Crippen LogP contribution in [0.15, 0.2) is 28.9 Å². The summed E-state index contributed by atoms with van der Waals surface area (Å²) in [7, 11) is 0. The van der Waals surface area contributed by atoms with Gasteiger partial charge in [-0.25, -0.2) is 9.37 Å². The topological polar surface area (TPSA) is 38.1 Å². The number of aliphatic hydroxyl groups is 1. The fraction of sp³-hybridized carbons (Fsp3) is 0.550. The van der Waals surface area contributed by atoms with Crippen LogP contribution in [0.5, 0.6) is 0 Å². The SMILES string of the molecule is Cc1nc(C2(O)CCC(c3ccc(F)cc3)CC2)n(CC2CC2)c1Br. The smallest absolute Gasteiger partial charge is 0.141 e. The molecular weight excluding hydrogens is 383 g/mol. The van der Waals surface area contributed by atoms with Crippen LogP contribution in [-0.4, -0.2) is 14.7 Å². The normalized spacial score (nSPS) is 26.8. The first kappa shape index (κ1) is 17.2. The Balaban J connectivity index is 1.54. The van der Waals surface area contributed by atoms with Crippen LogP contribution in [0.25, 0.3) is 0 Å². The minimum Gasteiger partial charge on any atom is -0.382 e. The number of hydrogen-bond acceptors (Lipinski definition) is 2. The Morgan fingerprint density at radius 3 is 2.44 bits per heavy atom. The summed E-state index contributed by atoms with van der Waals surface area (Å²) in [6, 6.07) is 6.80. The van der Waals surface area contributed by atoms with Crippen molar-refractivity contribution in [2.75, 3.05) is 0 Å². The molecule has 2 aliphatic carbocycles. The van der Waals surface area contributed by atoms with E-state index in [9.17, 15) is 9.50 Å². The van der Waals surface area contributed by atoms with E-state index in [2.05, 4.69) is 20.5 Å². The van der Waals surface area contributed by atoms with Crippen molar-refractivity contribution >= 4 is 15.9 Å². The van der Waals surface area contributed by atoms with Gasteiger partial charge in [0.2, 0.25) is 0 Å². The molecule has 0 radical (unpaired) electrons. The molecule has 1 heterocycles. The van der Waals surface area contributed by atoms with E-state index in [4.69, 9.17) is 4.98 Å². The largest absolute Gasteiger partial charge is 0.382 e.